The highest BCUT2D eigenvalue weighted by Crippen LogP contribution is 2.24. The van der Waals surface area contributed by atoms with Crippen molar-refractivity contribution < 1.29 is 14.6 Å². The minimum Gasteiger partial charge on any atom is -0.481 e. The molecule has 1 aromatic rings. The number of aliphatic carboxylic acids is 1. The first-order valence-electron chi connectivity index (χ1n) is 6.14. The van der Waals surface area contributed by atoms with Crippen molar-refractivity contribution in [3.63, 3.8) is 0 Å². The third-order valence-electron chi connectivity index (χ3n) is 3.30. The molecule has 1 aromatic heterocycles. The van der Waals surface area contributed by atoms with E-state index in [0.717, 1.165) is 12.2 Å². The molecule has 5 nitrogen and oxygen atoms in total. The Bertz CT molecular complexity index is 396. The lowest BCUT2D eigenvalue weighted by molar-refractivity contribution is -0.140. The van der Waals surface area contributed by atoms with Crippen LogP contribution in [0.15, 0.2) is 24.4 Å². The van der Waals surface area contributed by atoms with Crippen molar-refractivity contribution >= 4 is 5.97 Å². The highest BCUT2D eigenvalue weighted by Gasteiger charge is 2.29. The van der Waals surface area contributed by atoms with Crippen molar-refractivity contribution in [3.8, 4) is 0 Å². The summed E-state index contributed by atoms with van der Waals surface area (Å²) in [4.78, 5) is 17.4. The molecular formula is C13H18N2O3. The van der Waals surface area contributed by atoms with Crippen molar-refractivity contribution in [3.05, 3.63) is 30.1 Å². The van der Waals surface area contributed by atoms with E-state index in [1.54, 1.807) is 6.20 Å². The number of hydrogen-bond donors (Lipinski definition) is 1. The summed E-state index contributed by atoms with van der Waals surface area (Å²) in [5.74, 6) is -0.788. The van der Waals surface area contributed by atoms with Crippen molar-refractivity contribution in [1.29, 1.82) is 0 Å². The molecule has 2 unspecified atom stereocenters. The first-order chi connectivity index (χ1) is 8.68. The van der Waals surface area contributed by atoms with Gasteiger partial charge in [0.2, 0.25) is 0 Å². The number of rotatable bonds is 4. The highest BCUT2D eigenvalue weighted by atomic mass is 16.5. The lowest BCUT2D eigenvalue weighted by atomic mass is 10.1. The topological polar surface area (TPSA) is 62.7 Å². The second-order valence-corrected chi connectivity index (χ2v) is 4.50. The molecule has 0 amide bonds. The minimum absolute atomic E-state index is 0.0757. The molecule has 5 heteroatoms. The first-order valence-corrected chi connectivity index (χ1v) is 6.14. The van der Waals surface area contributed by atoms with Crippen molar-refractivity contribution in [2.45, 2.75) is 25.4 Å². The SMILES string of the molecule is CC(c1ccccn1)N1CCOCC1CC(=O)O. The number of morpholine rings is 1. The van der Waals surface area contributed by atoms with E-state index in [0.29, 0.717) is 13.2 Å². The van der Waals surface area contributed by atoms with Gasteiger partial charge < -0.3 is 9.84 Å². The monoisotopic (exact) mass is 250 g/mol. The smallest absolute Gasteiger partial charge is 0.305 e. The molecule has 1 aliphatic rings. The van der Waals surface area contributed by atoms with Crippen molar-refractivity contribution in [2.75, 3.05) is 19.8 Å². The number of carboxylic acid groups (broad SMARTS) is 1. The van der Waals surface area contributed by atoms with Gasteiger partial charge in [0.1, 0.15) is 0 Å². The van der Waals surface area contributed by atoms with Gasteiger partial charge in [0.05, 0.1) is 25.3 Å². The lowest BCUT2D eigenvalue weighted by Crippen LogP contribution is -2.47. The fourth-order valence-corrected chi connectivity index (χ4v) is 2.35. The van der Waals surface area contributed by atoms with E-state index in [9.17, 15) is 4.79 Å². The fourth-order valence-electron chi connectivity index (χ4n) is 2.35. The number of carboxylic acids is 1. The average Bonchev–Trinajstić information content (AvgIpc) is 2.39. The summed E-state index contributed by atoms with van der Waals surface area (Å²) in [6, 6.07) is 5.83. The van der Waals surface area contributed by atoms with Crippen LogP contribution in [0.1, 0.15) is 25.1 Å². The van der Waals surface area contributed by atoms with Gasteiger partial charge in [0.25, 0.3) is 0 Å². The third-order valence-corrected chi connectivity index (χ3v) is 3.30. The largest absolute Gasteiger partial charge is 0.481 e. The van der Waals surface area contributed by atoms with Crippen LogP contribution >= 0.6 is 0 Å². The van der Waals surface area contributed by atoms with E-state index >= 15 is 0 Å². The predicted molar refractivity (Wildman–Crippen MR) is 66.2 cm³/mol. The third kappa shape index (κ3) is 3.05. The molecule has 0 aliphatic carbocycles. The highest BCUT2D eigenvalue weighted by molar-refractivity contribution is 5.67. The molecule has 0 aromatic carbocycles. The quantitative estimate of drug-likeness (QED) is 0.873. The molecule has 0 radical (unpaired) electrons. The summed E-state index contributed by atoms with van der Waals surface area (Å²) in [7, 11) is 0. The molecule has 1 fully saturated rings. The second-order valence-electron chi connectivity index (χ2n) is 4.50. The van der Waals surface area contributed by atoms with Gasteiger partial charge in [0.15, 0.2) is 0 Å². The van der Waals surface area contributed by atoms with Crippen LogP contribution in [0.2, 0.25) is 0 Å². The van der Waals surface area contributed by atoms with Crippen LogP contribution in [-0.2, 0) is 9.53 Å². The Hall–Kier alpha value is -1.46. The number of hydrogen-bond acceptors (Lipinski definition) is 4. The van der Waals surface area contributed by atoms with Gasteiger partial charge in [-0.15, -0.1) is 0 Å². The molecule has 2 atom stereocenters. The summed E-state index contributed by atoms with van der Waals surface area (Å²) in [5, 5.41) is 8.94. The Balaban J connectivity index is 2.11. The van der Waals surface area contributed by atoms with Crippen LogP contribution in [0.4, 0.5) is 0 Å². The summed E-state index contributed by atoms with van der Waals surface area (Å²) in [6.45, 7) is 3.93. The van der Waals surface area contributed by atoms with Gasteiger partial charge in [-0.1, -0.05) is 6.07 Å². The van der Waals surface area contributed by atoms with Crippen molar-refractivity contribution in [2.24, 2.45) is 0 Å². The maximum absolute atomic E-state index is 10.9. The molecule has 1 N–H and O–H groups in total. The minimum atomic E-state index is -0.788. The van der Waals surface area contributed by atoms with Crippen LogP contribution in [0.5, 0.6) is 0 Å². The van der Waals surface area contributed by atoms with Gasteiger partial charge >= 0.3 is 5.97 Å². The van der Waals surface area contributed by atoms with E-state index in [-0.39, 0.29) is 18.5 Å². The van der Waals surface area contributed by atoms with E-state index in [4.69, 9.17) is 9.84 Å². The first kappa shape index (κ1) is 13.0. The molecule has 0 bridgehead atoms. The van der Waals surface area contributed by atoms with Gasteiger partial charge in [-0.05, 0) is 19.1 Å². The molecule has 2 rings (SSSR count). The summed E-state index contributed by atoms with van der Waals surface area (Å²) in [6.07, 6.45) is 1.87. The maximum atomic E-state index is 10.9. The average molecular weight is 250 g/mol. The van der Waals surface area contributed by atoms with Gasteiger partial charge in [-0.3, -0.25) is 14.7 Å². The number of aromatic nitrogens is 1. The van der Waals surface area contributed by atoms with Crippen molar-refractivity contribution in [1.82, 2.24) is 9.88 Å². The maximum Gasteiger partial charge on any atom is 0.305 e. The molecule has 1 saturated heterocycles. The summed E-state index contributed by atoms with van der Waals surface area (Å²) in [5.41, 5.74) is 0.967. The van der Waals surface area contributed by atoms with Crippen LogP contribution in [0.25, 0.3) is 0 Å². The molecule has 98 valence electrons. The van der Waals surface area contributed by atoms with E-state index in [1.807, 2.05) is 18.2 Å². The number of pyridine rings is 1. The molecule has 0 spiro atoms. The number of ether oxygens (including phenoxy) is 1. The molecule has 0 saturated carbocycles. The Morgan fingerprint density at radius 3 is 3.17 bits per heavy atom. The van der Waals surface area contributed by atoms with E-state index < -0.39 is 5.97 Å². The van der Waals surface area contributed by atoms with Crippen LogP contribution in [0.3, 0.4) is 0 Å². The zero-order valence-electron chi connectivity index (χ0n) is 10.5. The standard InChI is InChI=1S/C13H18N2O3/c1-10(12-4-2-3-5-14-12)15-6-7-18-9-11(15)8-13(16)17/h2-5,10-11H,6-9H2,1H3,(H,16,17). The summed E-state index contributed by atoms with van der Waals surface area (Å²) >= 11 is 0. The number of nitrogens with zero attached hydrogens (tertiary/aromatic N) is 2. The predicted octanol–water partition coefficient (Wildman–Crippen LogP) is 1.32. The van der Waals surface area contributed by atoms with Gasteiger partial charge in [-0.25, -0.2) is 0 Å². The van der Waals surface area contributed by atoms with E-state index in [2.05, 4.69) is 16.8 Å². The zero-order chi connectivity index (χ0) is 13.0. The molecular weight excluding hydrogens is 232 g/mol. The Morgan fingerprint density at radius 1 is 1.67 bits per heavy atom. The normalized spacial score (nSPS) is 22.6. The van der Waals surface area contributed by atoms with Crippen LogP contribution in [-0.4, -0.2) is 46.8 Å². The van der Waals surface area contributed by atoms with E-state index in [1.165, 1.54) is 0 Å². The summed E-state index contributed by atoms with van der Waals surface area (Å²) < 4.78 is 5.37. The molecule has 1 aliphatic heterocycles. The van der Waals surface area contributed by atoms with Gasteiger partial charge in [0, 0.05) is 24.8 Å². The Morgan fingerprint density at radius 2 is 2.50 bits per heavy atom. The lowest BCUT2D eigenvalue weighted by Gasteiger charge is -2.38. The second kappa shape index (κ2) is 5.93. The molecule has 18 heavy (non-hydrogen) atoms. The Labute approximate surface area is 106 Å². The van der Waals surface area contributed by atoms with Gasteiger partial charge in [-0.2, -0.15) is 0 Å². The van der Waals surface area contributed by atoms with Crippen LogP contribution < -0.4 is 0 Å². The van der Waals surface area contributed by atoms with Crippen LogP contribution in [0, 0.1) is 0 Å². The zero-order valence-corrected chi connectivity index (χ0v) is 10.5. The Kier molecular flexibility index (Phi) is 4.28. The number of carbonyl (C=O) groups is 1. The molecule has 2 heterocycles. The fraction of sp³-hybridized carbons (Fsp3) is 0.538.